The molecule has 0 fully saturated rings. The number of hydrogen-bond donors (Lipinski definition) is 1. The average Bonchev–Trinajstić information content (AvgIpc) is 2.90. The van der Waals surface area contributed by atoms with Crippen molar-refractivity contribution in [1.29, 1.82) is 0 Å². The molecule has 214 valence electrons. The van der Waals surface area contributed by atoms with Gasteiger partial charge in [-0.05, 0) is 86.7 Å². The first-order valence-electron chi connectivity index (χ1n) is 13.3. The van der Waals surface area contributed by atoms with E-state index >= 15 is 0 Å². The van der Waals surface area contributed by atoms with Crippen molar-refractivity contribution < 1.29 is 18.0 Å². The molecule has 40 heavy (non-hydrogen) atoms. The van der Waals surface area contributed by atoms with E-state index < -0.39 is 28.5 Å². The standard InChI is InChI=1S/C31H38ClN3O4S/c1-21(2)18-33-31(37)25(6)34(19-26-8-7-9-27(32)17-26)30(36)20-35(28-13-12-23(4)24(5)16-28)40(38,39)29-14-10-22(3)11-15-29/h7-17,21,25H,18-20H2,1-6H3,(H,33,37). The number of nitrogens with one attached hydrogen (secondary N) is 1. The summed E-state index contributed by atoms with van der Waals surface area (Å²) < 4.78 is 29.0. The van der Waals surface area contributed by atoms with Crippen LogP contribution in [0.2, 0.25) is 5.02 Å². The van der Waals surface area contributed by atoms with Gasteiger partial charge >= 0.3 is 0 Å². The molecule has 0 aromatic heterocycles. The zero-order chi connectivity index (χ0) is 29.6. The second-order valence-electron chi connectivity index (χ2n) is 10.6. The third-order valence-corrected chi connectivity index (χ3v) is 8.78. The molecule has 0 saturated carbocycles. The number of carbonyl (C=O) groups is 2. The van der Waals surface area contributed by atoms with Crippen LogP contribution in [0.4, 0.5) is 5.69 Å². The van der Waals surface area contributed by atoms with Crippen LogP contribution in [0.3, 0.4) is 0 Å². The highest BCUT2D eigenvalue weighted by molar-refractivity contribution is 7.92. The first kappa shape index (κ1) is 31.2. The Kier molecular flexibility index (Phi) is 10.4. The third-order valence-electron chi connectivity index (χ3n) is 6.76. The Bertz CT molecular complexity index is 1460. The minimum atomic E-state index is -4.11. The van der Waals surface area contributed by atoms with E-state index in [4.69, 9.17) is 11.6 Å². The molecule has 0 aliphatic rings. The number of anilines is 1. The second-order valence-corrected chi connectivity index (χ2v) is 12.9. The summed E-state index contributed by atoms with van der Waals surface area (Å²) in [7, 11) is -4.11. The van der Waals surface area contributed by atoms with Crippen molar-refractivity contribution in [3.8, 4) is 0 Å². The monoisotopic (exact) mass is 583 g/mol. The number of rotatable bonds is 11. The Hall–Kier alpha value is -3.36. The summed E-state index contributed by atoms with van der Waals surface area (Å²) in [5.74, 6) is -0.600. The number of hydrogen-bond acceptors (Lipinski definition) is 4. The van der Waals surface area contributed by atoms with Crippen molar-refractivity contribution in [3.63, 3.8) is 0 Å². The van der Waals surface area contributed by atoms with E-state index in [1.165, 1.54) is 17.0 Å². The fourth-order valence-electron chi connectivity index (χ4n) is 4.11. The number of aryl methyl sites for hydroxylation is 3. The van der Waals surface area contributed by atoms with Crippen LogP contribution in [0.25, 0.3) is 0 Å². The fourth-order valence-corrected chi connectivity index (χ4v) is 5.73. The highest BCUT2D eigenvalue weighted by Gasteiger charge is 2.32. The van der Waals surface area contributed by atoms with E-state index in [9.17, 15) is 18.0 Å². The number of halogens is 1. The maximum atomic E-state index is 14.0. The van der Waals surface area contributed by atoms with Crippen LogP contribution in [0, 0.1) is 26.7 Å². The Balaban J connectivity index is 2.04. The Morgan fingerprint density at radius 3 is 2.17 bits per heavy atom. The van der Waals surface area contributed by atoms with E-state index in [0.29, 0.717) is 17.3 Å². The topological polar surface area (TPSA) is 86.8 Å². The van der Waals surface area contributed by atoms with Gasteiger partial charge in [0, 0.05) is 18.1 Å². The van der Waals surface area contributed by atoms with E-state index in [-0.39, 0.29) is 23.3 Å². The molecule has 0 heterocycles. The molecule has 1 unspecified atom stereocenters. The molecule has 0 radical (unpaired) electrons. The van der Waals surface area contributed by atoms with E-state index in [2.05, 4.69) is 5.32 Å². The summed E-state index contributed by atoms with van der Waals surface area (Å²) in [5.41, 5.74) is 3.91. The van der Waals surface area contributed by atoms with E-state index in [1.807, 2.05) is 46.8 Å². The SMILES string of the molecule is Cc1ccc(S(=O)(=O)N(CC(=O)N(Cc2cccc(Cl)c2)C(C)C(=O)NCC(C)C)c2ccc(C)c(C)c2)cc1. The Morgan fingerprint density at radius 1 is 0.900 bits per heavy atom. The maximum Gasteiger partial charge on any atom is 0.264 e. The quantitative estimate of drug-likeness (QED) is 0.316. The highest BCUT2D eigenvalue weighted by atomic mass is 35.5. The van der Waals surface area contributed by atoms with Crippen LogP contribution >= 0.6 is 11.6 Å². The molecular formula is C31H38ClN3O4S. The molecule has 0 saturated heterocycles. The van der Waals surface area contributed by atoms with Gasteiger partial charge in [-0.3, -0.25) is 13.9 Å². The van der Waals surface area contributed by atoms with Gasteiger partial charge < -0.3 is 10.2 Å². The number of amides is 2. The molecule has 9 heteroatoms. The van der Waals surface area contributed by atoms with E-state index in [0.717, 1.165) is 26.6 Å². The summed E-state index contributed by atoms with van der Waals surface area (Å²) in [6.07, 6.45) is 0. The largest absolute Gasteiger partial charge is 0.354 e. The normalized spacial score (nSPS) is 12.2. The maximum absolute atomic E-state index is 14.0. The number of nitrogens with zero attached hydrogens (tertiary/aromatic N) is 2. The fraction of sp³-hybridized carbons (Fsp3) is 0.355. The van der Waals surface area contributed by atoms with Crippen molar-refractivity contribution >= 4 is 39.1 Å². The van der Waals surface area contributed by atoms with Crippen molar-refractivity contribution in [2.45, 2.75) is 59.0 Å². The highest BCUT2D eigenvalue weighted by Crippen LogP contribution is 2.27. The van der Waals surface area contributed by atoms with Gasteiger partial charge in [-0.2, -0.15) is 0 Å². The first-order valence-corrected chi connectivity index (χ1v) is 15.1. The summed E-state index contributed by atoms with van der Waals surface area (Å²) >= 11 is 6.19. The molecule has 1 atom stereocenters. The molecule has 0 aliphatic carbocycles. The van der Waals surface area contributed by atoms with Gasteiger partial charge in [-0.25, -0.2) is 8.42 Å². The van der Waals surface area contributed by atoms with Gasteiger partial charge in [0.1, 0.15) is 12.6 Å². The summed E-state index contributed by atoms with van der Waals surface area (Å²) in [6.45, 7) is 11.4. The van der Waals surface area contributed by atoms with Crippen molar-refractivity contribution in [3.05, 3.63) is 94.0 Å². The molecule has 0 bridgehead atoms. The molecule has 3 rings (SSSR count). The first-order chi connectivity index (χ1) is 18.8. The summed E-state index contributed by atoms with van der Waals surface area (Å²) in [6, 6.07) is 18.0. The lowest BCUT2D eigenvalue weighted by Crippen LogP contribution is -2.51. The smallest absolute Gasteiger partial charge is 0.264 e. The van der Waals surface area contributed by atoms with Gasteiger partial charge in [-0.1, -0.05) is 61.3 Å². The van der Waals surface area contributed by atoms with Crippen LogP contribution in [0.5, 0.6) is 0 Å². The Morgan fingerprint density at radius 2 is 1.57 bits per heavy atom. The second kappa shape index (κ2) is 13.3. The number of sulfonamides is 1. The number of carbonyl (C=O) groups excluding carboxylic acids is 2. The molecule has 1 N–H and O–H groups in total. The van der Waals surface area contributed by atoms with Gasteiger partial charge in [0.05, 0.1) is 10.6 Å². The van der Waals surface area contributed by atoms with E-state index in [1.54, 1.807) is 49.4 Å². The lowest BCUT2D eigenvalue weighted by Gasteiger charge is -2.32. The average molecular weight is 584 g/mol. The molecule has 2 amide bonds. The molecule has 0 spiro atoms. The van der Waals surface area contributed by atoms with Crippen LogP contribution in [0.15, 0.2) is 71.6 Å². The minimum Gasteiger partial charge on any atom is -0.354 e. The zero-order valence-electron chi connectivity index (χ0n) is 23.9. The lowest BCUT2D eigenvalue weighted by atomic mass is 10.1. The van der Waals surface area contributed by atoms with Crippen molar-refractivity contribution in [2.75, 3.05) is 17.4 Å². The summed E-state index contributed by atoms with van der Waals surface area (Å²) in [5, 5.41) is 3.38. The van der Waals surface area contributed by atoms with Gasteiger partial charge in [-0.15, -0.1) is 0 Å². The zero-order valence-corrected chi connectivity index (χ0v) is 25.5. The molecule has 7 nitrogen and oxygen atoms in total. The minimum absolute atomic E-state index is 0.0771. The Labute approximate surface area is 243 Å². The predicted octanol–water partition coefficient (Wildman–Crippen LogP) is 5.65. The van der Waals surface area contributed by atoms with Crippen LogP contribution in [-0.2, 0) is 26.2 Å². The van der Waals surface area contributed by atoms with Gasteiger partial charge in [0.2, 0.25) is 11.8 Å². The van der Waals surface area contributed by atoms with Crippen molar-refractivity contribution in [1.82, 2.24) is 10.2 Å². The lowest BCUT2D eigenvalue weighted by molar-refractivity contribution is -0.139. The summed E-state index contributed by atoms with van der Waals surface area (Å²) in [4.78, 5) is 28.5. The van der Waals surface area contributed by atoms with Crippen LogP contribution < -0.4 is 9.62 Å². The van der Waals surface area contributed by atoms with Crippen molar-refractivity contribution in [2.24, 2.45) is 5.92 Å². The van der Waals surface area contributed by atoms with Crippen LogP contribution in [-0.4, -0.2) is 44.3 Å². The van der Waals surface area contributed by atoms with Gasteiger partial charge in [0.15, 0.2) is 0 Å². The van der Waals surface area contributed by atoms with Gasteiger partial charge in [0.25, 0.3) is 10.0 Å². The van der Waals surface area contributed by atoms with Crippen LogP contribution in [0.1, 0.15) is 43.0 Å². The molecule has 0 aliphatic heterocycles. The number of benzene rings is 3. The molecular weight excluding hydrogens is 546 g/mol. The predicted molar refractivity (Wildman–Crippen MR) is 161 cm³/mol. The third kappa shape index (κ3) is 7.86. The molecule has 3 aromatic rings. The molecule has 3 aromatic carbocycles.